The van der Waals surface area contributed by atoms with Gasteiger partial charge in [0.25, 0.3) is 0 Å². The van der Waals surface area contributed by atoms with Crippen molar-refractivity contribution in [2.45, 2.75) is 144 Å². The van der Waals surface area contributed by atoms with Gasteiger partial charge in [-0.05, 0) is 108 Å². The normalized spacial score (nSPS) is 11.0. The molecule has 0 aliphatic rings. The molecule has 0 saturated heterocycles. The molecule has 0 spiro atoms. The van der Waals surface area contributed by atoms with Gasteiger partial charge in [0.2, 0.25) is 0 Å². The van der Waals surface area contributed by atoms with E-state index in [1.54, 1.807) is 0 Å². The molecule has 6 rings (SSSR count). The maximum Gasteiger partial charge on any atom is 0.308 e. The first kappa shape index (κ1) is 54.8. The summed E-state index contributed by atoms with van der Waals surface area (Å²) in [5.41, 5.74) is 10.0. The summed E-state index contributed by atoms with van der Waals surface area (Å²) < 4.78 is 37.2. The monoisotopic (exact) mass is 975 g/mol. The topological polar surface area (TPSA) is 89.5 Å². The fourth-order valence-corrected chi connectivity index (χ4v) is 8.77. The van der Waals surface area contributed by atoms with Crippen LogP contribution in [-0.2, 0) is 9.59 Å². The summed E-state index contributed by atoms with van der Waals surface area (Å²) >= 11 is 0. The van der Waals surface area contributed by atoms with Gasteiger partial charge in [0.15, 0.2) is 0 Å². The van der Waals surface area contributed by atoms with E-state index < -0.39 is 0 Å². The standard InChI is InChI=1S/C64H78O8/c1-7-11-15-19-39-67-61-45-59(53-31-35-55(36-32-53)71-47(5)65)63(69-41-21-17-13-9-3)43-57(61)51-27-23-49(24-28-51)50-25-29-52(30-26-50)58-44-64(70-42-22-18-14-10-4)60(46-62(58)68-40-20-16-12-8-2)54-33-37-56(38-34-54)72-48(6)66/h23-38,43-46H,7-22,39-42H2,1-6H3. The second-order valence-electron chi connectivity index (χ2n) is 18.7. The van der Waals surface area contributed by atoms with Crippen LogP contribution in [0.25, 0.3) is 55.6 Å². The van der Waals surface area contributed by atoms with Crippen LogP contribution in [0.5, 0.6) is 34.5 Å². The summed E-state index contributed by atoms with van der Waals surface area (Å²) in [7, 11) is 0. The molecule has 0 unspecified atom stereocenters. The van der Waals surface area contributed by atoms with Crippen molar-refractivity contribution in [2.75, 3.05) is 26.4 Å². The molecular formula is C64H78O8. The number of hydrogen-bond donors (Lipinski definition) is 0. The molecule has 0 bridgehead atoms. The molecule has 0 heterocycles. The van der Waals surface area contributed by atoms with Crippen LogP contribution in [0, 0.1) is 0 Å². The van der Waals surface area contributed by atoms with Crippen LogP contribution in [0.4, 0.5) is 0 Å². The number of hydrogen-bond acceptors (Lipinski definition) is 8. The summed E-state index contributed by atoms with van der Waals surface area (Å²) in [6.07, 6.45) is 17.7. The van der Waals surface area contributed by atoms with Gasteiger partial charge in [-0.15, -0.1) is 0 Å². The average molecular weight is 975 g/mol. The zero-order chi connectivity index (χ0) is 50.9. The number of carbonyl (C=O) groups excluding carboxylic acids is 2. The van der Waals surface area contributed by atoms with Gasteiger partial charge in [-0.1, -0.05) is 178 Å². The third-order valence-electron chi connectivity index (χ3n) is 12.8. The van der Waals surface area contributed by atoms with Gasteiger partial charge >= 0.3 is 11.9 Å². The molecule has 8 nitrogen and oxygen atoms in total. The molecule has 72 heavy (non-hydrogen) atoms. The summed E-state index contributed by atoms with van der Waals surface area (Å²) in [6.45, 7) is 14.2. The Kier molecular flexibility index (Phi) is 22.6. The highest BCUT2D eigenvalue weighted by molar-refractivity contribution is 5.85. The first-order valence-corrected chi connectivity index (χ1v) is 26.9. The van der Waals surface area contributed by atoms with Crippen LogP contribution in [0.2, 0.25) is 0 Å². The quantitative estimate of drug-likeness (QED) is 0.0242. The highest BCUT2D eigenvalue weighted by atomic mass is 16.5. The second-order valence-corrected chi connectivity index (χ2v) is 18.7. The molecule has 382 valence electrons. The molecule has 0 N–H and O–H groups in total. The van der Waals surface area contributed by atoms with Crippen molar-refractivity contribution in [3.05, 3.63) is 121 Å². The molecule has 0 amide bonds. The van der Waals surface area contributed by atoms with Crippen LogP contribution in [0.3, 0.4) is 0 Å². The largest absolute Gasteiger partial charge is 0.493 e. The third-order valence-corrected chi connectivity index (χ3v) is 12.8. The molecule has 0 radical (unpaired) electrons. The number of rotatable bonds is 31. The van der Waals surface area contributed by atoms with E-state index in [1.807, 2.05) is 48.5 Å². The lowest BCUT2D eigenvalue weighted by Crippen LogP contribution is -2.03. The van der Waals surface area contributed by atoms with Gasteiger partial charge in [-0.3, -0.25) is 9.59 Å². The minimum Gasteiger partial charge on any atom is -0.493 e. The molecular weight excluding hydrogens is 897 g/mol. The van der Waals surface area contributed by atoms with E-state index in [1.165, 1.54) is 39.5 Å². The average Bonchev–Trinajstić information content (AvgIpc) is 3.39. The summed E-state index contributed by atoms with van der Waals surface area (Å²) in [4.78, 5) is 23.4. The Bertz CT molecular complexity index is 2380. The van der Waals surface area contributed by atoms with Crippen molar-refractivity contribution in [3.8, 4) is 90.1 Å². The van der Waals surface area contributed by atoms with Crippen LogP contribution >= 0.6 is 0 Å². The zero-order valence-electron chi connectivity index (χ0n) is 44.0. The van der Waals surface area contributed by atoms with Crippen molar-refractivity contribution in [1.82, 2.24) is 0 Å². The van der Waals surface area contributed by atoms with Crippen molar-refractivity contribution < 1.29 is 38.0 Å². The van der Waals surface area contributed by atoms with E-state index >= 15 is 0 Å². The molecule has 0 aliphatic heterocycles. The highest BCUT2D eigenvalue weighted by Gasteiger charge is 2.19. The van der Waals surface area contributed by atoms with Gasteiger partial charge in [-0.25, -0.2) is 0 Å². The first-order chi connectivity index (χ1) is 35.2. The van der Waals surface area contributed by atoms with Gasteiger partial charge < -0.3 is 28.4 Å². The van der Waals surface area contributed by atoms with E-state index in [0.29, 0.717) is 37.9 Å². The lowest BCUT2D eigenvalue weighted by molar-refractivity contribution is -0.132. The van der Waals surface area contributed by atoms with E-state index in [4.69, 9.17) is 28.4 Å². The van der Waals surface area contributed by atoms with Gasteiger partial charge in [0.05, 0.1) is 26.4 Å². The number of ether oxygens (including phenoxy) is 6. The Balaban J connectivity index is 1.33. The Morgan fingerprint density at radius 3 is 0.750 bits per heavy atom. The van der Waals surface area contributed by atoms with Crippen LogP contribution in [0.1, 0.15) is 144 Å². The third kappa shape index (κ3) is 16.8. The molecule has 6 aromatic rings. The summed E-state index contributed by atoms with van der Waals surface area (Å²) in [6, 6.07) is 41.1. The Hall–Kier alpha value is -6.54. The number of unbranched alkanes of at least 4 members (excludes halogenated alkanes) is 12. The maximum absolute atomic E-state index is 11.7. The van der Waals surface area contributed by atoms with E-state index in [9.17, 15) is 9.59 Å². The fourth-order valence-electron chi connectivity index (χ4n) is 8.77. The van der Waals surface area contributed by atoms with E-state index in [2.05, 4.69) is 100 Å². The van der Waals surface area contributed by atoms with Gasteiger partial charge in [0.1, 0.15) is 34.5 Å². The van der Waals surface area contributed by atoms with Crippen molar-refractivity contribution >= 4 is 11.9 Å². The number of benzene rings is 6. The molecule has 0 aromatic heterocycles. The van der Waals surface area contributed by atoms with Gasteiger partial charge in [-0.2, -0.15) is 0 Å². The van der Waals surface area contributed by atoms with E-state index in [0.717, 1.165) is 156 Å². The predicted molar refractivity (Wildman–Crippen MR) is 295 cm³/mol. The van der Waals surface area contributed by atoms with Crippen LogP contribution < -0.4 is 28.4 Å². The number of carbonyl (C=O) groups is 2. The minimum atomic E-state index is -0.351. The minimum absolute atomic E-state index is 0.351. The van der Waals surface area contributed by atoms with Crippen LogP contribution in [-0.4, -0.2) is 38.4 Å². The Morgan fingerprint density at radius 1 is 0.306 bits per heavy atom. The molecule has 0 fully saturated rings. The van der Waals surface area contributed by atoms with Crippen molar-refractivity contribution in [2.24, 2.45) is 0 Å². The second kappa shape index (κ2) is 29.7. The van der Waals surface area contributed by atoms with Crippen LogP contribution in [0.15, 0.2) is 121 Å². The lowest BCUT2D eigenvalue weighted by Gasteiger charge is -2.19. The Labute approximate surface area is 430 Å². The zero-order valence-corrected chi connectivity index (χ0v) is 44.0. The van der Waals surface area contributed by atoms with Gasteiger partial charge in [0, 0.05) is 36.1 Å². The summed E-state index contributed by atoms with van der Waals surface area (Å²) in [5, 5.41) is 0. The molecule has 8 heteroatoms. The van der Waals surface area contributed by atoms with Crippen molar-refractivity contribution in [3.63, 3.8) is 0 Å². The van der Waals surface area contributed by atoms with Crippen molar-refractivity contribution in [1.29, 1.82) is 0 Å². The smallest absolute Gasteiger partial charge is 0.308 e. The Morgan fingerprint density at radius 2 is 0.528 bits per heavy atom. The molecule has 0 saturated carbocycles. The SMILES string of the molecule is CCCCCCOc1cc(-c2ccc(-c3ccc(-c4cc(OCCCCCC)c(-c5ccc(OC(C)=O)cc5)cc4OCCCCCC)cc3)cc2)c(OCCCCCC)cc1-c1ccc(OC(C)=O)cc1. The lowest BCUT2D eigenvalue weighted by atomic mass is 9.94. The molecule has 0 aliphatic carbocycles. The first-order valence-electron chi connectivity index (χ1n) is 26.9. The highest BCUT2D eigenvalue weighted by Crippen LogP contribution is 2.44. The number of esters is 2. The maximum atomic E-state index is 11.7. The molecule has 6 aromatic carbocycles. The predicted octanol–water partition coefficient (Wildman–Crippen LogP) is 17.7. The van der Waals surface area contributed by atoms with E-state index in [-0.39, 0.29) is 11.9 Å². The fraction of sp³-hybridized carbons (Fsp3) is 0.406. The summed E-state index contributed by atoms with van der Waals surface area (Å²) in [5.74, 6) is 3.49. The molecule has 0 atom stereocenters.